The van der Waals surface area contributed by atoms with Gasteiger partial charge < -0.3 is 10.2 Å². The van der Waals surface area contributed by atoms with E-state index in [0.29, 0.717) is 13.0 Å². The lowest BCUT2D eigenvalue weighted by Gasteiger charge is -2.25. The third-order valence-corrected chi connectivity index (χ3v) is 6.52. The molecular formula is C16H25N3O3S2. The monoisotopic (exact) mass is 371 g/mol. The van der Waals surface area contributed by atoms with Crippen LogP contribution in [0.25, 0.3) is 0 Å². The molecule has 1 aliphatic rings. The fourth-order valence-electron chi connectivity index (χ4n) is 2.39. The molecule has 8 heteroatoms. The van der Waals surface area contributed by atoms with Gasteiger partial charge in [0, 0.05) is 50.7 Å². The second kappa shape index (κ2) is 8.84. The largest absolute Gasteiger partial charge is 0.344 e. The summed E-state index contributed by atoms with van der Waals surface area (Å²) in [5.41, 5.74) is 1.01. The highest BCUT2D eigenvalue weighted by Gasteiger charge is 2.19. The number of hydrogen-bond donors (Lipinski definition) is 2. The van der Waals surface area contributed by atoms with Gasteiger partial charge in [0.2, 0.25) is 15.9 Å². The van der Waals surface area contributed by atoms with E-state index in [1.54, 1.807) is 36.2 Å². The summed E-state index contributed by atoms with van der Waals surface area (Å²) in [4.78, 5) is 14.0. The lowest BCUT2D eigenvalue weighted by atomic mass is 10.2. The smallest absolute Gasteiger partial charge is 0.240 e. The number of nitrogens with one attached hydrogen (secondary N) is 2. The highest BCUT2D eigenvalue weighted by Crippen LogP contribution is 2.11. The average Bonchev–Trinajstić information content (AvgIpc) is 2.56. The van der Waals surface area contributed by atoms with Crippen molar-refractivity contribution in [2.24, 2.45) is 0 Å². The van der Waals surface area contributed by atoms with Crippen LogP contribution in [0.3, 0.4) is 0 Å². The van der Waals surface area contributed by atoms with Crippen molar-refractivity contribution in [1.29, 1.82) is 0 Å². The predicted octanol–water partition coefficient (Wildman–Crippen LogP) is 0.827. The van der Waals surface area contributed by atoms with Gasteiger partial charge in [0.05, 0.1) is 4.90 Å². The van der Waals surface area contributed by atoms with Crippen molar-refractivity contribution in [3.8, 4) is 0 Å². The third-order valence-electron chi connectivity index (χ3n) is 3.92. The summed E-state index contributed by atoms with van der Waals surface area (Å²) >= 11 is 1.85. The first kappa shape index (κ1) is 19.2. The molecule has 1 unspecified atom stereocenters. The van der Waals surface area contributed by atoms with Crippen molar-refractivity contribution in [2.75, 3.05) is 38.2 Å². The van der Waals surface area contributed by atoms with Gasteiger partial charge in [-0.15, -0.1) is 0 Å². The van der Waals surface area contributed by atoms with Crippen LogP contribution >= 0.6 is 11.8 Å². The summed E-state index contributed by atoms with van der Waals surface area (Å²) in [6.07, 6.45) is 0.453. The molecule has 1 aromatic carbocycles. The minimum absolute atomic E-state index is 0.0320. The van der Waals surface area contributed by atoms with Gasteiger partial charge in [-0.1, -0.05) is 17.7 Å². The normalized spacial score (nSPS) is 18.3. The summed E-state index contributed by atoms with van der Waals surface area (Å²) in [6, 6.07) is 6.90. The molecule has 134 valence electrons. The van der Waals surface area contributed by atoms with Crippen LogP contribution in [0.4, 0.5) is 0 Å². The lowest BCUT2D eigenvalue weighted by Crippen LogP contribution is -2.43. The molecule has 2 rings (SSSR count). The number of rotatable bonds is 7. The lowest BCUT2D eigenvalue weighted by molar-refractivity contribution is -0.130. The maximum absolute atomic E-state index is 12.2. The maximum Gasteiger partial charge on any atom is 0.240 e. The molecule has 0 aromatic heterocycles. The van der Waals surface area contributed by atoms with Crippen LogP contribution in [0.1, 0.15) is 12.0 Å². The van der Waals surface area contributed by atoms with Crippen LogP contribution in [-0.2, 0) is 14.8 Å². The number of nitrogens with zero attached hydrogens (tertiary/aromatic N) is 1. The molecule has 2 N–H and O–H groups in total. The number of hydrogen-bond acceptors (Lipinski definition) is 5. The molecule has 6 nitrogen and oxygen atoms in total. The standard InChI is InChI=1S/C16H25N3O3S2/c1-13-3-5-15(6-4-13)24(21,22)18-7-9-19(2)16(20)11-14-12-23-10-8-17-14/h3-6,14,17-18H,7-12H2,1-2H3. The van der Waals surface area contributed by atoms with E-state index in [-0.39, 0.29) is 23.4 Å². The number of likely N-dealkylation sites (N-methyl/N-ethyl adjacent to an activating group) is 1. The number of carbonyl (C=O) groups is 1. The highest BCUT2D eigenvalue weighted by atomic mass is 32.2. The van der Waals surface area contributed by atoms with Gasteiger partial charge in [0.15, 0.2) is 0 Å². The molecule has 0 saturated carbocycles. The Hall–Kier alpha value is -1.09. The van der Waals surface area contributed by atoms with E-state index in [2.05, 4.69) is 10.0 Å². The van der Waals surface area contributed by atoms with Gasteiger partial charge >= 0.3 is 0 Å². The Balaban J connectivity index is 1.77. The third kappa shape index (κ3) is 5.77. The van der Waals surface area contributed by atoms with Gasteiger partial charge in [0.25, 0.3) is 0 Å². The Morgan fingerprint density at radius 2 is 2.08 bits per heavy atom. The van der Waals surface area contributed by atoms with E-state index >= 15 is 0 Å². The SMILES string of the molecule is Cc1ccc(S(=O)(=O)NCCN(C)C(=O)CC2CSCCN2)cc1. The Morgan fingerprint density at radius 3 is 2.71 bits per heavy atom. The highest BCUT2D eigenvalue weighted by molar-refractivity contribution is 7.99. The summed E-state index contributed by atoms with van der Waals surface area (Å²) in [7, 11) is -1.82. The van der Waals surface area contributed by atoms with Gasteiger partial charge in [-0.3, -0.25) is 4.79 Å². The van der Waals surface area contributed by atoms with E-state index < -0.39 is 10.0 Å². The zero-order valence-electron chi connectivity index (χ0n) is 14.1. The van der Waals surface area contributed by atoms with E-state index in [0.717, 1.165) is 23.6 Å². The summed E-state index contributed by atoms with van der Waals surface area (Å²) in [5, 5.41) is 3.33. The zero-order valence-corrected chi connectivity index (χ0v) is 15.8. The minimum Gasteiger partial charge on any atom is -0.344 e. The Morgan fingerprint density at radius 1 is 1.38 bits per heavy atom. The second-order valence-corrected chi connectivity index (χ2v) is 8.87. The van der Waals surface area contributed by atoms with Crippen molar-refractivity contribution in [2.45, 2.75) is 24.3 Å². The molecule has 24 heavy (non-hydrogen) atoms. The molecule has 1 aliphatic heterocycles. The quantitative estimate of drug-likeness (QED) is 0.742. The molecule has 1 fully saturated rings. The van der Waals surface area contributed by atoms with Gasteiger partial charge in [0.1, 0.15) is 0 Å². The molecule has 0 radical (unpaired) electrons. The Bertz CT molecular complexity index is 641. The first-order chi connectivity index (χ1) is 11.4. The van der Waals surface area contributed by atoms with Gasteiger partial charge in [-0.2, -0.15) is 11.8 Å². The van der Waals surface area contributed by atoms with Crippen molar-refractivity contribution in [1.82, 2.24) is 14.9 Å². The number of amides is 1. The average molecular weight is 372 g/mol. The first-order valence-electron chi connectivity index (χ1n) is 8.00. The van der Waals surface area contributed by atoms with Crippen molar-refractivity contribution in [3.63, 3.8) is 0 Å². The van der Waals surface area contributed by atoms with Crippen LogP contribution in [-0.4, -0.2) is 63.5 Å². The van der Waals surface area contributed by atoms with Gasteiger partial charge in [-0.25, -0.2) is 13.1 Å². The number of aryl methyl sites for hydroxylation is 1. The molecule has 0 aliphatic carbocycles. The Kier molecular flexibility index (Phi) is 7.09. The molecule has 1 amide bonds. The molecule has 1 saturated heterocycles. The summed E-state index contributed by atoms with van der Waals surface area (Å²) in [5.74, 6) is 2.06. The van der Waals surface area contributed by atoms with E-state index in [1.165, 1.54) is 0 Å². The van der Waals surface area contributed by atoms with Crippen molar-refractivity contribution >= 4 is 27.7 Å². The molecular weight excluding hydrogens is 346 g/mol. The minimum atomic E-state index is -3.53. The van der Waals surface area contributed by atoms with E-state index in [1.807, 2.05) is 18.7 Å². The molecule has 0 bridgehead atoms. The fraction of sp³-hybridized carbons (Fsp3) is 0.562. The van der Waals surface area contributed by atoms with Crippen molar-refractivity contribution in [3.05, 3.63) is 29.8 Å². The number of thioether (sulfide) groups is 1. The van der Waals surface area contributed by atoms with Gasteiger partial charge in [-0.05, 0) is 19.1 Å². The molecule has 1 atom stereocenters. The van der Waals surface area contributed by atoms with Crippen LogP contribution in [0.5, 0.6) is 0 Å². The fourth-order valence-corrected chi connectivity index (χ4v) is 4.36. The maximum atomic E-state index is 12.2. The Labute approximate surface area is 148 Å². The van der Waals surface area contributed by atoms with Crippen molar-refractivity contribution < 1.29 is 13.2 Å². The summed E-state index contributed by atoms with van der Waals surface area (Å²) < 4.78 is 26.9. The van der Waals surface area contributed by atoms with E-state index in [9.17, 15) is 13.2 Å². The second-order valence-electron chi connectivity index (χ2n) is 5.96. The topological polar surface area (TPSA) is 78.5 Å². The van der Waals surface area contributed by atoms with Crippen LogP contribution in [0, 0.1) is 6.92 Å². The van der Waals surface area contributed by atoms with Crippen LogP contribution in [0.2, 0.25) is 0 Å². The van der Waals surface area contributed by atoms with Crippen LogP contribution < -0.4 is 10.0 Å². The number of sulfonamides is 1. The summed E-state index contributed by atoms with van der Waals surface area (Å²) in [6.45, 7) is 3.39. The molecule has 1 heterocycles. The first-order valence-corrected chi connectivity index (χ1v) is 10.6. The zero-order chi connectivity index (χ0) is 17.6. The number of benzene rings is 1. The number of carbonyl (C=O) groups excluding carboxylic acids is 1. The van der Waals surface area contributed by atoms with E-state index in [4.69, 9.17) is 0 Å². The molecule has 1 aromatic rings. The predicted molar refractivity (Wildman–Crippen MR) is 97.7 cm³/mol. The molecule has 0 spiro atoms. The van der Waals surface area contributed by atoms with Crippen LogP contribution in [0.15, 0.2) is 29.2 Å².